The number of amides is 3. The van der Waals surface area contributed by atoms with Gasteiger partial charge in [-0.05, 0) is 49.5 Å². The molecule has 3 amide bonds. The Morgan fingerprint density at radius 3 is 2.16 bits per heavy atom. The van der Waals surface area contributed by atoms with Crippen LogP contribution in [0.25, 0.3) is 0 Å². The fraction of sp³-hybridized carbons (Fsp3) is 0.500. The molecular weight excluding hydrogens is 456 g/mol. The lowest BCUT2D eigenvalue weighted by atomic mass is 10.1. The minimum Gasteiger partial charge on any atom is -0.508 e. The molecule has 10 nitrogen and oxygen atoms in total. The Balaban J connectivity index is 2.62. The number of phenols is 1. The van der Waals surface area contributed by atoms with Crippen LogP contribution in [0.5, 0.6) is 5.75 Å². The second-order valence-electron chi connectivity index (χ2n) is 7.13. The van der Waals surface area contributed by atoms with Crippen LogP contribution in [0.3, 0.4) is 0 Å². The van der Waals surface area contributed by atoms with Crippen LogP contribution in [0, 0.1) is 0 Å². The van der Waals surface area contributed by atoms with Crippen LogP contribution < -0.4 is 21.7 Å². The van der Waals surface area contributed by atoms with Gasteiger partial charge in [0, 0.05) is 5.75 Å². The predicted molar refractivity (Wildman–Crippen MR) is 126 cm³/mol. The van der Waals surface area contributed by atoms with Gasteiger partial charge in [0.2, 0.25) is 17.7 Å². The fourth-order valence-corrected chi connectivity index (χ4v) is 3.35. The van der Waals surface area contributed by atoms with E-state index in [9.17, 15) is 29.4 Å². The Hall–Kier alpha value is -2.44. The molecule has 0 saturated carbocycles. The fourth-order valence-electron chi connectivity index (χ4n) is 2.62. The molecule has 0 saturated heterocycles. The van der Waals surface area contributed by atoms with Crippen LogP contribution in [0.15, 0.2) is 24.3 Å². The lowest BCUT2D eigenvalue weighted by Gasteiger charge is -2.22. The first-order valence-electron chi connectivity index (χ1n) is 9.86. The number of aromatic hydroxyl groups is 1. The normalized spacial score (nSPS) is 14.5. The maximum absolute atomic E-state index is 12.5. The predicted octanol–water partition coefficient (Wildman–Crippen LogP) is -0.496. The van der Waals surface area contributed by atoms with Gasteiger partial charge in [0.05, 0.1) is 6.04 Å². The maximum Gasteiger partial charge on any atom is 0.326 e. The van der Waals surface area contributed by atoms with E-state index in [1.807, 2.05) is 6.26 Å². The van der Waals surface area contributed by atoms with Crippen LogP contribution in [-0.2, 0) is 25.6 Å². The second-order valence-corrected chi connectivity index (χ2v) is 8.48. The molecule has 0 aliphatic heterocycles. The Labute approximate surface area is 196 Å². The van der Waals surface area contributed by atoms with Crippen LogP contribution >= 0.6 is 24.4 Å². The molecular formula is C20H30N4O6S2. The number of carbonyl (C=O) groups excluding carboxylic acids is 3. The minimum atomic E-state index is -1.16. The molecule has 4 atom stereocenters. The number of carbonyl (C=O) groups is 4. The first kappa shape index (κ1) is 27.6. The molecule has 32 heavy (non-hydrogen) atoms. The highest BCUT2D eigenvalue weighted by Crippen LogP contribution is 2.11. The van der Waals surface area contributed by atoms with Crippen LogP contribution in [-0.4, -0.2) is 75.8 Å². The van der Waals surface area contributed by atoms with E-state index in [0.717, 1.165) is 5.56 Å². The molecule has 4 unspecified atom stereocenters. The topological polar surface area (TPSA) is 171 Å². The molecule has 0 fully saturated rings. The van der Waals surface area contributed by atoms with Gasteiger partial charge in [-0.25, -0.2) is 4.79 Å². The third-order valence-corrected chi connectivity index (χ3v) is 5.53. The third kappa shape index (κ3) is 9.37. The number of hydrogen-bond acceptors (Lipinski definition) is 8. The van der Waals surface area contributed by atoms with E-state index in [-0.39, 0.29) is 24.3 Å². The van der Waals surface area contributed by atoms with Crippen molar-refractivity contribution >= 4 is 48.1 Å². The number of thiol groups is 1. The van der Waals surface area contributed by atoms with Crippen molar-refractivity contribution < 1.29 is 29.4 Å². The van der Waals surface area contributed by atoms with E-state index in [0.29, 0.717) is 5.75 Å². The molecule has 0 radical (unpaired) electrons. The Kier molecular flexibility index (Phi) is 12.0. The van der Waals surface area contributed by atoms with Crippen molar-refractivity contribution in [2.75, 3.05) is 17.8 Å². The number of phenolic OH excluding ortho intramolecular Hbond substituents is 1. The smallest absolute Gasteiger partial charge is 0.326 e. The van der Waals surface area contributed by atoms with Crippen LogP contribution in [0.4, 0.5) is 0 Å². The van der Waals surface area contributed by atoms with Gasteiger partial charge in [-0.2, -0.15) is 24.4 Å². The first-order chi connectivity index (χ1) is 15.1. The maximum atomic E-state index is 12.5. The van der Waals surface area contributed by atoms with E-state index in [2.05, 4.69) is 28.6 Å². The summed E-state index contributed by atoms with van der Waals surface area (Å²) in [7, 11) is 0. The molecule has 0 aliphatic carbocycles. The van der Waals surface area contributed by atoms with Crippen molar-refractivity contribution in [3.05, 3.63) is 29.8 Å². The summed E-state index contributed by atoms with van der Waals surface area (Å²) >= 11 is 5.53. The molecule has 12 heteroatoms. The lowest BCUT2D eigenvalue weighted by Crippen LogP contribution is -2.57. The van der Waals surface area contributed by atoms with Gasteiger partial charge >= 0.3 is 5.97 Å². The molecule has 1 aromatic rings. The summed E-state index contributed by atoms with van der Waals surface area (Å²) in [5, 5.41) is 25.9. The zero-order valence-electron chi connectivity index (χ0n) is 17.9. The summed E-state index contributed by atoms with van der Waals surface area (Å²) in [6, 6.07) is 2.15. The largest absolute Gasteiger partial charge is 0.508 e. The number of aliphatic carboxylic acids is 1. The highest BCUT2D eigenvalue weighted by atomic mass is 32.2. The zero-order chi connectivity index (χ0) is 24.3. The van der Waals surface area contributed by atoms with Crippen molar-refractivity contribution in [2.24, 2.45) is 5.73 Å². The lowest BCUT2D eigenvalue weighted by molar-refractivity contribution is -0.142. The van der Waals surface area contributed by atoms with Gasteiger partial charge < -0.3 is 31.9 Å². The molecule has 0 spiro atoms. The van der Waals surface area contributed by atoms with E-state index in [4.69, 9.17) is 5.73 Å². The van der Waals surface area contributed by atoms with Crippen LogP contribution in [0.2, 0.25) is 0 Å². The average Bonchev–Trinajstić information content (AvgIpc) is 2.75. The quantitative estimate of drug-likeness (QED) is 0.183. The number of carboxylic acids is 1. The third-order valence-electron chi connectivity index (χ3n) is 4.52. The van der Waals surface area contributed by atoms with Gasteiger partial charge in [-0.1, -0.05) is 12.1 Å². The molecule has 0 bridgehead atoms. The Morgan fingerprint density at radius 2 is 1.62 bits per heavy atom. The van der Waals surface area contributed by atoms with Crippen molar-refractivity contribution in [3.63, 3.8) is 0 Å². The number of thioether (sulfide) groups is 1. The SMILES string of the molecule is CSCCC(NC(=O)C(C)NC(=O)C(CS)NC(=O)C(N)Cc1ccc(O)cc1)C(=O)O. The van der Waals surface area contributed by atoms with Gasteiger partial charge in [0.15, 0.2) is 0 Å². The molecule has 178 valence electrons. The molecule has 7 N–H and O–H groups in total. The second kappa shape index (κ2) is 13.9. The summed E-state index contributed by atoms with van der Waals surface area (Å²) in [4.78, 5) is 48.4. The summed E-state index contributed by atoms with van der Waals surface area (Å²) in [5.74, 6) is -2.43. The summed E-state index contributed by atoms with van der Waals surface area (Å²) in [5.41, 5.74) is 6.64. The van der Waals surface area contributed by atoms with Crippen LogP contribution in [0.1, 0.15) is 18.9 Å². The highest BCUT2D eigenvalue weighted by Gasteiger charge is 2.27. The number of benzene rings is 1. The zero-order valence-corrected chi connectivity index (χ0v) is 19.6. The van der Waals surface area contributed by atoms with Crippen molar-refractivity contribution in [1.29, 1.82) is 0 Å². The van der Waals surface area contributed by atoms with Crippen molar-refractivity contribution in [3.8, 4) is 5.75 Å². The van der Waals surface area contributed by atoms with Crippen molar-refractivity contribution in [2.45, 2.75) is 43.9 Å². The first-order valence-corrected chi connectivity index (χ1v) is 11.9. The Morgan fingerprint density at radius 1 is 1.03 bits per heavy atom. The van der Waals surface area contributed by atoms with E-state index < -0.39 is 47.9 Å². The number of nitrogens with one attached hydrogen (secondary N) is 3. The minimum absolute atomic E-state index is 0.0384. The average molecular weight is 487 g/mol. The van der Waals surface area contributed by atoms with E-state index in [1.165, 1.54) is 30.8 Å². The summed E-state index contributed by atoms with van der Waals surface area (Å²) in [6.07, 6.45) is 2.27. The Bertz CT molecular complexity index is 793. The van der Waals surface area contributed by atoms with E-state index in [1.54, 1.807) is 12.1 Å². The van der Waals surface area contributed by atoms with Crippen molar-refractivity contribution in [1.82, 2.24) is 16.0 Å². The van der Waals surface area contributed by atoms with Gasteiger partial charge in [-0.3, -0.25) is 14.4 Å². The summed E-state index contributed by atoms with van der Waals surface area (Å²) < 4.78 is 0. The number of hydrogen-bond donors (Lipinski definition) is 7. The number of nitrogens with two attached hydrogens (primary N) is 1. The van der Waals surface area contributed by atoms with Gasteiger partial charge in [-0.15, -0.1) is 0 Å². The molecule has 0 aliphatic rings. The highest BCUT2D eigenvalue weighted by molar-refractivity contribution is 7.98. The monoisotopic (exact) mass is 486 g/mol. The van der Waals surface area contributed by atoms with E-state index >= 15 is 0 Å². The number of carboxylic acid groups (broad SMARTS) is 1. The molecule has 1 rings (SSSR count). The van der Waals surface area contributed by atoms with Gasteiger partial charge in [0.1, 0.15) is 23.9 Å². The molecule has 0 heterocycles. The van der Waals surface area contributed by atoms with Gasteiger partial charge in [0.25, 0.3) is 0 Å². The summed E-state index contributed by atoms with van der Waals surface area (Å²) in [6.45, 7) is 1.41. The molecule has 1 aromatic carbocycles. The molecule has 0 aromatic heterocycles. The number of rotatable bonds is 13. The standard InChI is InChI=1S/C20H30N4O6S2/c1-11(17(26)23-15(20(29)30)7-8-32-2)22-19(28)16(10-31)24-18(27)14(21)9-12-3-5-13(25)6-4-12/h3-6,11,14-16,25,31H,7-10,21H2,1-2H3,(H,22,28)(H,23,26)(H,24,27)(H,29,30).